The lowest BCUT2D eigenvalue weighted by molar-refractivity contribution is 0.0808. The van der Waals surface area contributed by atoms with E-state index in [1.54, 1.807) is 0 Å². The molecule has 6 heteroatoms. The minimum atomic E-state index is -1.39. The third-order valence-electron chi connectivity index (χ3n) is 3.87. The Morgan fingerprint density at radius 3 is 2.71 bits per heavy atom. The second-order valence-electron chi connectivity index (χ2n) is 5.60. The molecule has 5 nitrogen and oxygen atoms in total. The Labute approximate surface area is 143 Å². The van der Waals surface area contributed by atoms with Gasteiger partial charge < -0.3 is 5.11 Å². The Balaban J connectivity index is 2.17. The quantitative estimate of drug-likeness (QED) is 0.401. The largest absolute Gasteiger partial charge is 0.378 e. The standard InChI is InChI=1S/C18H16N4OS/c1-12-7-6-10-15-16(12)20-17(24-15)18(23,11-13(2)21-22-19)14-8-4-3-5-9-14/h3-10,23H,2,11H2,1H3. The van der Waals surface area contributed by atoms with Gasteiger partial charge in [-0.05, 0) is 29.6 Å². The van der Waals surface area contributed by atoms with Crippen molar-refractivity contribution in [2.75, 3.05) is 0 Å². The number of nitrogens with zero attached hydrogens (tertiary/aromatic N) is 4. The summed E-state index contributed by atoms with van der Waals surface area (Å²) in [6, 6.07) is 15.2. The van der Waals surface area contributed by atoms with Gasteiger partial charge in [-0.1, -0.05) is 54.2 Å². The molecule has 0 bridgehead atoms. The summed E-state index contributed by atoms with van der Waals surface area (Å²) in [7, 11) is 0. The topological polar surface area (TPSA) is 81.9 Å². The number of azide groups is 1. The first-order chi connectivity index (χ1) is 11.5. The average Bonchev–Trinajstić information content (AvgIpc) is 3.02. The van der Waals surface area contributed by atoms with Crippen molar-refractivity contribution in [3.8, 4) is 0 Å². The van der Waals surface area contributed by atoms with E-state index in [4.69, 9.17) is 5.53 Å². The van der Waals surface area contributed by atoms with Crippen LogP contribution in [0.5, 0.6) is 0 Å². The average molecular weight is 336 g/mol. The van der Waals surface area contributed by atoms with E-state index in [9.17, 15) is 5.11 Å². The fourth-order valence-corrected chi connectivity index (χ4v) is 3.83. The Hall–Kier alpha value is -2.66. The van der Waals surface area contributed by atoms with Crippen molar-refractivity contribution in [1.82, 2.24) is 4.98 Å². The molecule has 1 heterocycles. The molecular formula is C18H16N4OS. The van der Waals surface area contributed by atoms with E-state index in [2.05, 4.69) is 21.6 Å². The number of para-hydroxylation sites is 1. The summed E-state index contributed by atoms with van der Waals surface area (Å²) in [5, 5.41) is 15.5. The molecule has 120 valence electrons. The summed E-state index contributed by atoms with van der Waals surface area (Å²) >= 11 is 1.44. The van der Waals surface area contributed by atoms with E-state index in [0.29, 0.717) is 10.6 Å². The first-order valence-corrected chi connectivity index (χ1v) is 8.23. The normalized spacial score (nSPS) is 13.2. The lowest BCUT2D eigenvalue weighted by Gasteiger charge is -2.26. The van der Waals surface area contributed by atoms with Crippen molar-refractivity contribution in [3.05, 3.63) is 87.4 Å². The summed E-state index contributed by atoms with van der Waals surface area (Å²) < 4.78 is 1.01. The maximum atomic E-state index is 11.4. The third kappa shape index (κ3) is 2.90. The Morgan fingerprint density at radius 1 is 1.29 bits per heavy atom. The maximum absolute atomic E-state index is 11.4. The molecule has 1 unspecified atom stereocenters. The Bertz CT molecular complexity index is 944. The molecule has 0 saturated carbocycles. The summed E-state index contributed by atoms with van der Waals surface area (Å²) in [5.41, 5.74) is 10.1. The van der Waals surface area contributed by atoms with Crippen LogP contribution in [-0.2, 0) is 5.60 Å². The molecule has 3 rings (SSSR count). The van der Waals surface area contributed by atoms with Gasteiger partial charge in [0.05, 0.1) is 10.2 Å². The minimum absolute atomic E-state index is 0.0833. The number of rotatable bonds is 5. The Kier molecular flexibility index (Phi) is 4.36. The van der Waals surface area contributed by atoms with E-state index < -0.39 is 5.60 Å². The van der Waals surface area contributed by atoms with Crippen LogP contribution in [-0.4, -0.2) is 10.1 Å². The first kappa shape index (κ1) is 16.2. The zero-order valence-corrected chi connectivity index (χ0v) is 14.0. The van der Waals surface area contributed by atoms with Gasteiger partial charge >= 0.3 is 0 Å². The van der Waals surface area contributed by atoms with Crippen LogP contribution < -0.4 is 0 Å². The van der Waals surface area contributed by atoms with Crippen LogP contribution in [0.3, 0.4) is 0 Å². The van der Waals surface area contributed by atoms with Crippen molar-refractivity contribution in [2.45, 2.75) is 18.9 Å². The molecule has 0 saturated heterocycles. The van der Waals surface area contributed by atoms with Gasteiger partial charge in [0, 0.05) is 17.0 Å². The van der Waals surface area contributed by atoms with Gasteiger partial charge in [-0.25, -0.2) is 4.98 Å². The molecule has 0 amide bonds. The van der Waals surface area contributed by atoms with Crippen molar-refractivity contribution in [3.63, 3.8) is 0 Å². The SMILES string of the molecule is C=C(CC(O)(c1ccccc1)c1nc2c(C)cccc2s1)N=[N+]=[N-]. The highest BCUT2D eigenvalue weighted by molar-refractivity contribution is 7.18. The van der Waals surface area contributed by atoms with E-state index in [-0.39, 0.29) is 12.1 Å². The first-order valence-electron chi connectivity index (χ1n) is 7.42. The Morgan fingerprint density at radius 2 is 2.04 bits per heavy atom. The summed E-state index contributed by atoms with van der Waals surface area (Å²) in [4.78, 5) is 7.43. The maximum Gasteiger partial charge on any atom is 0.145 e. The van der Waals surface area contributed by atoms with Crippen LogP contribution >= 0.6 is 11.3 Å². The lowest BCUT2D eigenvalue weighted by atomic mass is 9.90. The van der Waals surface area contributed by atoms with Crippen molar-refractivity contribution < 1.29 is 5.11 Å². The summed E-state index contributed by atoms with van der Waals surface area (Å²) in [5.74, 6) is 0. The number of hydrogen-bond donors (Lipinski definition) is 1. The van der Waals surface area contributed by atoms with Crippen molar-refractivity contribution >= 4 is 21.6 Å². The number of hydrogen-bond acceptors (Lipinski definition) is 4. The van der Waals surface area contributed by atoms with Gasteiger partial charge in [0.2, 0.25) is 0 Å². The molecule has 1 aromatic heterocycles. The smallest absolute Gasteiger partial charge is 0.145 e. The van der Waals surface area contributed by atoms with E-state index in [1.165, 1.54) is 11.3 Å². The molecular weight excluding hydrogens is 320 g/mol. The number of fused-ring (bicyclic) bond motifs is 1. The van der Waals surface area contributed by atoms with Gasteiger partial charge in [-0.3, -0.25) is 0 Å². The number of aryl methyl sites for hydroxylation is 1. The van der Waals surface area contributed by atoms with Gasteiger partial charge in [-0.15, -0.1) is 11.3 Å². The van der Waals surface area contributed by atoms with Crippen LogP contribution in [0, 0.1) is 6.92 Å². The number of thiazole rings is 1. The molecule has 1 atom stereocenters. The number of aromatic nitrogens is 1. The van der Waals surface area contributed by atoms with Crippen LogP contribution in [0.2, 0.25) is 0 Å². The molecule has 1 N–H and O–H groups in total. The minimum Gasteiger partial charge on any atom is -0.378 e. The molecule has 0 radical (unpaired) electrons. The van der Waals surface area contributed by atoms with Gasteiger partial charge in [0.15, 0.2) is 0 Å². The van der Waals surface area contributed by atoms with Gasteiger partial charge in [0.25, 0.3) is 0 Å². The molecule has 24 heavy (non-hydrogen) atoms. The van der Waals surface area contributed by atoms with Crippen LogP contribution in [0.4, 0.5) is 0 Å². The van der Waals surface area contributed by atoms with Gasteiger partial charge in [0.1, 0.15) is 10.6 Å². The molecule has 0 spiro atoms. The summed E-state index contributed by atoms with van der Waals surface area (Å²) in [6.45, 7) is 5.74. The lowest BCUT2D eigenvalue weighted by Crippen LogP contribution is -2.27. The number of aliphatic hydroxyl groups is 1. The van der Waals surface area contributed by atoms with Crippen LogP contribution in [0.15, 0.2) is 65.9 Å². The predicted octanol–water partition coefficient (Wildman–Crippen LogP) is 5.05. The third-order valence-corrected chi connectivity index (χ3v) is 5.04. The zero-order valence-electron chi connectivity index (χ0n) is 13.2. The highest BCUT2D eigenvalue weighted by Crippen LogP contribution is 2.40. The van der Waals surface area contributed by atoms with Crippen LogP contribution in [0.25, 0.3) is 20.7 Å². The second kappa shape index (κ2) is 6.45. The van der Waals surface area contributed by atoms with Crippen molar-refractivity contribution in [1.29, 1.82) is 0 Å². The van der Waals surface area contributed by atoms with E-state index in [0.717, 1.165) is 15.8 Å². The molecule has 0 fully saturated rings. The molecule has 2 aromatic carbocycles. The van der Waals surface area contributed by atoms with Crippen molar-refractivity contribution in [2.24, 2.45) is 5.11 Å². The molecule has 0 aliphatic rings. The number of benzene rings is 2. The fourth-order valence-electron chi connectivity index (χ4n) is 2.67. The zero-order chi connectivity index (χ0) is 17.2. The van der Waals surface area contributed by atoms with Crippen LogP contribution in [0.1, 0.15) is 22.6 Å². The molecule has 0 aliphatic carbocycles. The predicted molar refractivity (Wildman–Crippen MR) is 96.7 cm³/mol. The van der Waals surface area contributed by atoms with E-state index >= 15 is 0 Å². The summed E-state index contributed by atoms with van der Waals surface area (Å²) in [6.07, 6.45) is 0.0833. The van der Waals surface area contributed by atoms with Gasteiger partial charge in [-0.2, -0.15) is 0 Å². The highest BCUT2D eigenvalue weighted by Gasteiger charge is 2.35. The monoisotopic (exact) mass is 336 g/mol. The highest BCUT2D eigenvalue weighted by atomic mass is 32.1. The fraction of sp³-hybridized carbons (Fsp3) is 0.167. The molecule has 3 aromatic rings. The van der Waals surface area contributed by atoms with E-state index in [1.807, 2.05) is 55.5 Å². The second-order valence-corrected chi connectivity index (χ2v) is 6.63. The molecule has 0 aliphatic heterocycles.